The van der Waals surface area contributed by atoms with Gasteiger partial charge < -0.3 is 5.32 Å². The Labute approximate surface area is 183 Å². The van der Waals surface area contributed by atoms with Crippen molar-refractivity contribution in [3.8, 4) is 0 Å². The van der Waals surface area contributed by atoms with E-state index in [2.05, 4.69) is 10.0 Å². The fourth-order valence-electron chi connectivity index (χ4n) is 2.76. The van der Waals surface area contributed by atoms with Crippen LogP contribution in [0.4, 0.5) is 15.8 Å². The number of hydrogen-bond acceptors (Lipinski definition) is 3. The van der Waals surface area contributed by atoms with Gasteiger partial charge in [-0.25, -0.2) is 12.8 Å². The van der Waals surface area contributed by atoms with Crippen molar-refractivity contribution in [1.29, 1.82) is 0 Å². The largest absolute Gasteiger partial charge is 0.319 e. The number of sulfonamides is 1. The van der Waals surface area contributed by atoms with E-state index >= 15 is 0 Å². The van der Waals surface area contributed by atoms with E-state index in [-0.39, 0.29) is 21.2 Å². The SMILES string of the molecule is Cc1ccc(NS(=O)(=O)c2ccc(NC(=O)c3ccc(Cl)cc3Cl)c(F)c2)c(C)c1. The maximum atomic E-state index is 14.5. The molecule has 0 saturated carbocycles. The minimum atomic E-state index is -4.02. The van der Waals surface area contributed by atoms with Crippen LogP contribution < -0.4 is 10.0 Å². The Morgan fingerprint density at radius 3 is 2.27 bits per heavy atom. The van der Waals surface area contributed by atoms with Crippen LogP contribution in [-0.4, -0.2) is 14.3 Å². The van der Waals surface area contributed by atoms with Crippen molar-refractivity contribution in [3.05, 3.63) is 87.2 Å². The molecule has 1 amide bonds. The number of nitrogens with one attached hydrogen (secondary N) is 2. The van der Waals surface area contributed by atoms with Crippen LogP contribution in [0.15, 0.2) is 59.5 Å². The summed E-state index contributed by atoms with van der Waals surface area (Å²) in [5, 5.41) is 2.84. The van der Waals surface area contributed by atoms with Crippen LogP contribution in [0.1, 0.15) is 21.5 Å². The maximum absolute atomic E-state index is 14.5. The first-order valence-electron chi connectivity index (χ1n) is 8.73. The molecule has 0 bridgehead atoms. The first-order chi connectivity index (χ1) is 14.1. The third-order valence-electron chi connectivity index (χ3n) is 4.30. The van der Waals surface area contributed by atoms with Gasteiger partial charge in [0, 0.05) is 5.02 Å². The molecule has 0 atom stereocenters. The molecule has 0 fully saturated rings. The van der Waals surface area contributed by atoms with Crippen LogP contribution in [0.5, 0.6) is 0 Å². The van der Waals surface area contributed by atoms with Crippen LogP contribution in [0.3, 0.4) is 0 Å². The van der Waals surface area contributed by atoms with Crippen molar-refractivity contribution < 1.29 is 17.6 Å². The summed E-state index contributed by atoms with van der Waals surface area (Å²) in [5.41, 5.74) is 2.05. The zero-order chi connectivity index (χ0) is 22.1. The first-order valence-corrected chi connectivity index (χ1v) is 11.0. The van der Waals surface area contributed by atoms with Crippen molar-refractivity contribution in [1.82, 2.24) is 0 Å². The van der Waals surface area contributed by atoms with Gasteiger partial charge >= 0.3 is 0 Å². The molecule has 0 heterocycles. The normalized spacial score (nSPS) is 11.2. The van der Waals surface area contributed by atoms with Crippen molar-refractivity contribution in [3.63, 3.8) is 0 Å². The van der Waals surface area contributed by atoms with E-state index in [9.17, 15) is 17.6 Å². The highest BCUT2D eigenvalue weighted by Gasteiger charge is 2.19. The topological polar surface area (TPSA) is 75.3 Å². The third-order valence-corrected chi connectivity index (χ3v) is 6.21. The highest BCUT2D eigenvalue weighted by Crippen LogP contribution is 2.25. The van der Waals surface area contributed by atoms with Gasteiger partial charge in [0.15, 0.2) is 0 Å². The maximum Gasteiger partial charge on any atom is 0.262 e. The van der Waals surface area contributed by atoms with E-state index in [0.29, 0.717) is 10.7 Å². The molecule has 3 aromatic rings. The summed E-state index contributed by atoms with van der Waals surface area (Å²) in [6.07, 6.45) is 0. The summed E-state index contributed by atoms with van der Waals surface area (Å²) in [7, 11) is -4.02. The molecule has 0 radical (unpaired) electrons. The predicted molar refractivity (Wildman–Crippen MR) is 118 cm³/mol. The van der Waals surface area contributed by atoms with Crippen LogP contribution in [-0.2, 0) is 10.0 Å². The summed E-state index contributed by atoms with van der Waals surface area (Å²) in [6, 6.07) is 12.7. The summed E-state index contributed by atoms with van der Waals surface area (Å²) in [4.78, 5) is 12.1. The van der Waals surface area contributed by atoms with Crippen molar-refractivity contribution in [2.75, 3.05) is 10.0 Å². The zero-order valence-electron chi connectivity index (χ0n) is 16.0. The standard InChI is InChI=1S/C21H17Cl2FN2O3S/c1-12-3-7-19(13(2)9-12)26-30(28,29)15-5-8-20(18(24)11-15)25-21(27)16-6-4-14(22)10-17(16)23/h3-11,26H,1-2H3,(H,25,27). The van der Waals surface area contributed by atoms with Crippen LogP contribution in [0.25, 0.3) is 0 Å². The summed E-state index contributed by atoms with van der Waals surface area (Å²) in [6.45, 7) is 3.66. The number of anilines is 2. The molecule has 0 unspecified atom stereocenters. The summed E-state index contributed by atoms with van der Waals surface area (Å²) < 4.78 is 42.2. The Kier molecular flexibility index (Phi) is 6.36. The number of carbonyl (C=O) groups excluding carboxylic acids is 1. The van der Waals surface area contributed by atoms with Gasteiger partial charge in [-0.1, -0.05) is 40.9 Å². The average molecular weight is 467 g/mol. The molecule has 2 N–H and O–H groups in total. The fraction of sp³-hybridized carbons (Fsp3) is 0.0952. The average Bonchev–Trinajstić information content (AvgIpc) is 2.65. The molecule has 30 heavy (non-hydrogen) atoms. The number of amides is 1. The molecular formula is C21H17Cl2FN2O3S. The van der Waals surface area contributed by atoms with Gasteiger partial charge in [0.25, 0.3) is 15.9 Å². The minimum Gasteiger partial charge on any atom is -0.319 e. The van der Waals surface area contributed by atoms with Crippen LogP contribution >= 0.6 is 23.2 Å². The van der Waals surface area contributed by atoms with E-state index in [1.807, 2.05) is 13.0 Å². The molecule has 0 spiro atoms. The van der Waals surface area contributed by atoms with Crippen molar-refractivity contribution in [2.24, 2.45) is 0 Å². The highest BCUT2D eigenvalue weighted by atomic mass is 35.5. The van der Waals surface area contributed by atoms with E-state index in [1.54, 1.807) is 19.1 Å². The zero-order valence-corrected chi connectivity index (χ0v) is 18.3. The van der Waals surface area contributed by atoms with E-state index in [0.717, 1.165) is 17.2 Å². The molecule has 0 aliphatic carbocycles. The second kappa shape index (κ2) is 8.63. The second-order valence-corrected chi connectivity index (χ2v) is 9.17. The fourth-order valence-corrected chi connectivity index (χ4v) is 4.40. The lowest BCUT2D eigenvalue weighted by molar-refractivity contribution is 0.102. The molecular weight excluding hydrogens is 450 g/mol. The first kappa shape index (κ1) is 22.1. The predicted octanol–water partition coefficient (Wildman–Crippen LogP) is 5.80. The Morgan fingerprint density at radius 1 is 0.933 bits per heavy atom. The lowest BCUT2D eigenvalue weighted by Crippen LogP contribution is -2.16. The van der Waals surface area contributed by atoms with Gasteiger partial charge in [0.05, 0.1) is 26.9 Å². The molecule has 5 nitrogen and oxygen atoms in total. The number of hydrogen-bond donors (Lipinski definition) is 2. The minimum absolute atomic E-state index is 0.105. The van der Waals surface area contributed by atoms with Crippen LogP contribution in [0, 0.1) is 19.7 Å². The van der Waals surface area contributed by atoms with Crippen molar-refractivity contribution >= 4 is 50.5 Å². The Bertz CT molecular complexity index is 1250. The monoisotopic (exact) mass is 466 g/mol. The Hall–Kier alpha value is -2.61. The Balaban J connectivity index is 1.82. The molecule has 9 heteroatoms. The number of rotatable bonds is 5. The van der Waals surface area contributed by atoms with E-state index in [4.69, 9.17) is 23.2 Å². The lowest BCUT2D eigenvalue weighted by Gasteiger charge is -2.13. The van der Waals surface area contributed by atoms with Gasteiger partial charge in [-0.3, -0.25) is 9.52 Å². The molecule has 0 saturated heterocycles. The molecule has 0 aromatic heterocycles. The molecule has 3 aromatic carbocycles. The molecule has 3 rings (SSSR count). The van der Waals surface area contributed by atoms with Gasteiger partial charge in [-0.2, -0.15) is 0 Å². The quantitative estimate of drug-likeness (QED) is 0.498. The number of halogens is 3. The second-order valence-electron chi connectivity index (χ2n) is 6.64. The molecule has 0 aliphatic rings. The lowest BCUT2D eigenvalue weighted by atomic mass is 10.1. The summed E-state index contributed by atoms with van der Waals surface area (Å²) >= 11 is 11.8. The van der Waals surface area contributed by atoms with E-state index in [1.165, 1.54) is 30.3 Å². The van der Waals surface area contributed by atoms with E-state index < -0.39 is 21.7 Å². The smallest absolute Gasteiger partial charge is 0.262 e. The summed E-state index contributed by atoms with van der Waals surface area (Å²) in [5.74, 6) is -1.56. The van der Waals surface area contributed by atoms with Gasteiger partial charge in [-0.05, 0) is 61.9 Å². The number of aryl methyl sites for hydroxylation is 2. The molecule has 156 valence electrons. The molecule has 0 aliphatic heterocycles. The van der Waals surface area contributed by atoms with Gasteiger partial charge in [0.2, 0.25) is 0 Å². The van der Waals surface area contributed by atoms with Crippen LogP contribution in [0.2, 0.25) is 10.0 Å². The number of benzene rings is 3. The van der Waals surface area contributed by atoms with Gasteiger partial charge in [-0.15, -0.1) is 0 Å². The third kappa shape index (κ3) is 4.92. The number of carbonyl (C=O) groups is 1. The highest BCUT2D eigenvalue weighted by molar-refractivity contribution is 7.92. The van der Waals surface area contributed by atoms with Gasteiger partial charge in [0.1, 0.15) is 5.82 Å². The van der Waals surface area contributed by atoms with Crippen molar-refractivity contribution in [2.45, 2.75) is 18.7 Å². The Morgan fingerprint density at radius 2 is 1.63 bits per heavy atom.